The molecule has 0 spiro atoms. The first-order chi connectivity index (χ1) is 9.74. The molecule has 2 aliphatic rings. The number of imide groups is 1. The maximum Gasteiger partial charge on any atom is 0.243 e. The molecule has 6 nitrogen and oxygen atoms in total. The van der Waals surface area contributed by atoms with Gasteiger partial charge in [-0.05, 0) is 18.9 Å². The van der Waals surface area contributed by atoms with Gasteiger partial charge in [-0.2, -0.15) is 5.10 Å². The van der Waals surface area contributed by atoms with Crippen molar-refractivity contribution in [2.75, 3.05) is 13.1 Å². The van der Waals surface area contributed by atoms with Crippen molar-refractivity contribution < 1.29 is 9.59 Å². The molecule has 6 heteroatoms. The smallest absolute Gasteiger partial charge is 0.243 e. The number of aromatic nitrogens is 2. The van der Waals surface area contributed by atoms with Crippen LogP contribution in [0.25, 0.3) is 0 Å². The first-order valence-electron chi connectivity index (χ1n) is 7.32. The number of piperazine rings is 1. The molecule has 2 amide bonds. The lowest BCUT2D eigenvalue weighted by atomic mass is 9.96. The normalized spacial score (nSPS) is 21.5. The SMILES string of the molecule is O=C1CNCC(=O)N1Cc1ccn(C2CCCCC2)n1. The molecule has 1 saturated heterocycles. The summed E-state index contributed by atoms with van der Waals surface area (Å²) in [6.45, 7) is 0.753. The van der Waals surface area contributed by atoms with Gasteiger partial charge in [-0.3, -0.25) is 24.5 Å². The molecular formula is C14H20N4O2. The molecule has 0 atom stereocenters. The van der Waals surface area contributed by atoms with E-state index >= 15 is 0 Å². The van der Waals surface area contributed by atoms with Crippen LogP contribution < -0.4 is 5.32 Å². The average Bonchev–Trinajstić information content (AvgIpc) is 2.93. The van der Waals surface area contributed by atoms with Crippen LogP contribution in [0.3, 0.4) is 0 Å². The number of amides is 2. The highest BCUT2D eigenvalue weighted by molar-refractivity contribution is 5.99. The van der Waals surface area contributed by atoms with E-state index < -0.39 is 0 Å². The molecule has 0 radical (unpaired) electrons. The van der Waals surface area contributed by atoms with Gasteiger partial charge < -0.3 is 0 Å². The fourth-order valence-corrected chi connectivity index (χ4v) is 2.96. The molecule has 1 N–H and O–H groups in total. The summed E-state index contributed by atoms with van der Waals surface area (Å²) >= 11 is 0. The summed E-state index contributed by atoms with van der Waals surface area (Å²) in [5.74, 6) is -0.345. The summed E-state index contributed by atoms with van der Waals surface area (Å²) in [5, 5.41) is 7.34. The van der Waals surface area contributed by atoms with Crippen molar-refractivity contribution in [1.29, 1.82) is 0 Å². The van der Waals surface area contributed by atoms with Crippen LogP contribution in [0, 0.1) is 0 Å². The zero-order valence-corrected chi connectivity index (χ0v) is 11.5. The van der Waals surface area contributed by atoms with Crippen LogP contribution in [-0.4, -0.2) is 39.6 Å². The summed E-state index contributed by atoms with van der Waals surface area (Å²) in [5.41, 5.74) is 0.791. The van der Waals surface area contributed by atoms with Crippen LogP contribution in [0.1, 0.15) is 43.8 Å². The number of carbonyl (C=O) groups is 2. The minimum absolute atomic E-state index is 0.173. The van der Waals surface area contributed by atoms with E-state index in [0.29, 0.717) is 12.6 Å². The largest absolute Gasteiger partial charge is 0.300 e. The highest BCUT2D eigenvalue weighted by atomic mass is 16.2. The molecule has 0 bridgehead atoms. The molecule has 1 aromatic rings. The van der Waals surface area contributed by atoms with E-state index in [1.165, 1.54) is 37.0 Å². The molecule has 0 unspecified atom stereocenters. The number of carbonyl (C=O) groups excluding carboxylic acids is 2. The fourth-order valence-electron chi connectivity index (χ4n) is 2.96. The van der Waals surface area contributed by atoms with Gasteiger partial charge in [0.05, 0.1) is 31.4 Å². The Morgan fingerprint density at radius 1 is 1.15 bits per heavy atom. The van der Waals surface area contributed by atoms with Gasteiger partial charge in [-0.15, -0.1) is 0 Å². The Hall–Kier alpha value is -1.69. The van der Waals surface area contributed by atoms with Gasteiger partial charge in [0.1, 0.15) is 0 Å². The number of hydrogen-bond donors (Lipinski definition) is 1. The van der Waals surface area contributed by atoms with Crippen LogP contribution >= 0.6 is 0 Å². The van der Waals surface area contributed by atoms with E-state index in [2.05, 4.69) is 10.4 Å². The summed E-state index contributed by atoms with van der Waals surface area (Å²) in [6.07, 6.45) is 8.15. The van der Waals surface area contributed by atoms with Gasteiger partial charge in [0.2, 0.25) is 11.8 Å². The number of rotatable bonds is 3. The Kier molecular flexibility index (Phi) is 3.82. The Balaban J connectivity index is 1.67. The maximum atomic E-state index is 11.7. The third-order valence-electron chi connectivity index (χ3n) is 4.09. The van der Waals surface area contributed by atoms with Gasteiger partial charge in [-0.1, -0.05) is 19.3 Å². The molecular weight excluding hydrogens is 256 g/mol. The van der Waals surface area contributed by atoms with E-state index in [1.54, 1.807) is 0 Å². The van der Waals surface area contributed by atoms with E-state index in [4.69, 9.17) is 0 Å². The van der Waals surface area contributed by atoms with Gasteiger partial charge in [0.15, 0.2) is 0 Å². The number of nitrogens with one attached hydrogen (secondary N) is 1. The number of nitrogens with zero attached hydrogens (tertiary/aromatic N) is 3. The summed E-state index contributed by atoms with van der Waals surface area (Å²) in [4.78, 5) is 24.7. The Labute approximate surface area is 118 Å². The van der Waals surface area contributed by atoms with Crippen molar-refractivity contribution >= 4 is 11.8 Å². The first-order valence-corrected chi connectivity index (χ1v) is 7.32. The zero-order valence-electron chi connectivity index (χ0n) is 11.5. The van der Waals surface area contributed by atoms with Gasteiger partial charge in [0.25, 0.3) is 0 Å². The Bertz CT molecular complexity index is 489. The summed E-state index contributed by atoms with van der Waals surface area (Å²) < 4.78 is 2.01. The molecule has 2 heterocycles. The minimum atomic E-state index is -0.173. The number of hydrogen-bond acceptors (Lipinski definition) is 4. The zero-order chi connectivity index (χ0) is 13.9. The molecule has 108 valence electrons. The van der Waals surface area contributed by atoms with Crippen molar-refractivity contribution in [2.45, 2.75) is 44.7 Å². The molecule has 1 aromatic heterocycles. The molecule has 1 aliphatic heterocycles. The molecule has 1 aliphatic carbocycles. The standard InChI is InChI=1S/C14H20N4O2/c19-13-8-15-9-14(20)17(13)10-11-6-7-18(16-11)12-4-2-1-3-5-12/h6-7,12,15H,1-5,8-10H2. The summed E-state index contributed by atoms with van der Waals surface area (Å²) in [6, 6.07) is 2.39. The van der Waals surface area contributed by atoms with Crippen molar-refractivity contribution in [3.05, 3.63) is 18.0 Å². The van der Waals surface area contributed by atoms with Crippen LogP contribution in [0.4, 0.5) is 0 Å². The lowest BCUT2D eigenvalue weighted by Crippen LogP contribution is -2.51. The van der Waals surface area contributed by atoms with Crippen LogP contribution in [0.15, 0.2) is 12.3 Å². The van der Waals surface area contributed by atoms with Crippen LogP contribution in [-0.2, 0) is 16.1 Å². The molecule has 3 rings (SSSR count). The molecule has 0 aromatic carbocycles. The van der Waals surface area contributed by atoms with Crippen LogP contribution in [0.5, 0.6) is 0 Å². The van der Waals surface area contributed by atoms with E-state index in [-0.39, 0.29) is 24.9 Å². The summed E-state index contributed by atoms with van der Waals surface area (Å²) in [7, 11) is 0. The van der Waals surface area contributed by atoms with E-state index in [0.717, 1.165) is 5.69 Å². The van der Waals surface area contributed by atoms with E-state index in [9.17, 15) is 9.59 Å². The molecule has 20 heavy (non-hydrogen) atoms. The van der Waals surface area contributed by atoms with Crippen molar-refractivity contribution in [2.24, 2.45) is 0 Å². The highest BCUT2D eigenvalue weighted by Crippen LogP contribution is 2.27. The Morgan fingerprint density at radius 3 is 2.55 bits per heavy atom. The quantitative estimate of drug-likeness (QED) is 0.831. The predicted octanol–water partition coefficient (Wildman–Crippen LogP) is 0.847. The lowest BCUT2D eigenvalue weighted by molar-refractivity contribution is -0.147. The lowest BCUT2D eigenvalue weighted by Gasteiger charge is -2.25. The monoisotopic (exact) mass is 276 g/mol. The van der Waals surface area contributed by atoms with Gasteiger partial charge in [-0.25, -0.2) is 0 Å². The van der Waals surface area contributed by atoms with Crippen LogP contribution in [0.2, 0.25) is 0 Å². The topological polar surface area (TPSA) is 67.2 Å². The van der Waals surface area contributed by atoms with Crippen molar-refractivity contribution in [3.8, 4) is 0 Å². The second kappa shape index (κ2) is 5.75. The average molecular weight is 276 g/mol. The second-order valence-electron chi connectivity index (χ2n) is 5.56. The third kappa shape index (κ3) is 2.75. The van der Waals surface area contributed by atoms with Gasteiger partial charge >= 0.3 is 0 Å². The maximum absolute atomic E-state index is 11.7. The minimum Gasteiger partial charge on any atom is -0.300 e. The predicted molar refractivity (Wildman–Crippen MR) is 72.8 cm³/mol. The van der Waals surface area contributed by atoms with Crippen molar-refractivity contribution in [3.63, 3.8) is 0 Å². The third-order valence-corrected chi connectivity index (χ3v) is 4.09. The molecule has 2 fully saturated rings. The molecule has 1 saturated carbocycles. The van der Waals surface area contributed by atoms with Gasteiger partial charge in [0, 0.05) is 6.20 Å². The second-order valence-corrected chi connectivity index (χ2v) is 5.56. The first kappa shape index (κ1) is 13.3. The van der Waals surface area contributed by atoms with E-state index in [1.807, 2.05) is 16.9 Å². The Morgan fingerprint density at radius 2 is 1.85 bits per heavy atom. The fraction of sp³-hybridized carbons (Fsp3) is 0.643. The van der Waals surface area contributed by atoms with Crippen molar-refractivity contribution in [1.82, 2.24) is 20.0 Å². The highest BCUT2D eigenvalue weighted by Gasteiger charge is 2.26.